The maximum Gasteiger partial charge on any atom is 0.490 e. The van der Waals surface area contributed by atoms with E-state index in [-0.39, 0.29) is 29.9 Å². The van der Waals surface area contributed by atoms with Gasteiger partial charge in [0.25, 0.3) is 0 Å². The predicted molar refractivity (Wildman–Crippen MR) is 112 cm³/mol. The Kier molecular flexibility index (Phi) is 8.64. The molecule has 2 unspecified atom stereocenters. The van der Waals surface area contributed by atoms with Crippen molar-refractivity contribution in [3.63, 3.8) is 0 Å². The molecule has 202 valence electrons. The maximum absolute atomic E-state index is 11.9. The van der Waals surface area contributed by atoms with Gasteiger partial charge >= 0.3 is 29.4 Å². The van der Waals surface area contributed by atoms with Crippen LogP contribution >= 0.6 is 23.5 Å². The third kappa shape index (κ3) is 7.33. The van der Waals surface area contributed by atoms with Crippen molar-refractivity contribution in [3.8, 4) is 0 Å². The predicted octanol–water partition coefficient (Wildman–Crippen LogP) is -1.32. The molecule has 0 aromatic carbocycles. The van der Waals surface area contributed by atoms with E-state index in [0.717, 1.165) is 6.33 Å². The van der Waals surface area contributed by atoms with Crippen LogP contribution in [-0.2, 0) is 36.4 Å². The summed E-state index contributed by atoms with van der Waals surface area (Å²) in [6.07, 6.45) is -4.17. The molecule has 0 radical (unpaired) electrons. The highest BCUT2D eigenvalue weighted by Crippen LogP contribution is 2.66. The zero-order chi connectivity index (χ0) is 26.9. The molecule has 3 heterocycles. The van der Waals surface area contributed by atoms with Crippen LogP contribution in [0.4, 0.5) is 5.82 Å². The molecule has 20 nitrogen and oxygen atoms in total. The Labute approximate surface area is 199 Å². The minimum Gasteiger partial charge on any atom is -0.481 e. The second kappa shape index (κ2) is 10.8. The molecule has 0 aliphatic carbocycles. The summed E-state index contributed by atoms with van der Waals surface area (Å²) in [5, 5.41) is 32.2. The van der Waals surface area contributed by atoms with Gasteiger partial charge in [0.15, 0.2) is 23.2 Å². The summed E-state index contributed by atoms with van der Waals surface area (Å²) < 4.78 is 52.2. The number of anilines is 1. The van der Waals surface area contributed by atoms with E-state index < -0.39 is 60.6 Å². The Hall–Kier alpha value is -1.89. The van der Waals surface area contributed by atoms with Crippen LogP contribution in [0.2, 0.25) is 0 Å². The zero-order valence-electron chi connectivity index (χ0n) is 17.6. The number of carbonyl (C=O) groups is 1. The van der Waals surface area contributed by atoms with Crippen molar-refractivity contribution < 1.29 is 71.3 Å². The van der Waals surface area contributed by atoms with Gasteiger partial charge < -0.3 is 44.9 Å². The van der Waals surface area contributed by atoms with E-state index >= 15 is 0 Å². The molecule has 2 aromatic rings. The van der Waals surface area contributed by atoms with Crippen molar-refractivity contribution >= 4 is 46.4 Å². The van der Waals surface area contributed by atoms with E-state index in [9.17, 15) is 38.5 Å². The molecule has 0 amide bonds. The SMILES string of the molecule is O=C(O)CCNc1ncnc2c1ncn2[C@@H]1O[C@H](COP(=O)(O)OP(=O)(O)OP(=O)(O)O)[C@@H](O)[C@H]1O. The normalized spacial score (nSPS) is 25.9. The second-order valence-electron chi connectivity index (χ2n) is 7.05. The Morgan fingerprint density at radius 3 is 2.39 bits per heavy atom. The molecule has 1 saturated heterocycles. The van der Waals surface area contributed by atoms with Crippen LogP contribution in [0.5, 0.6) is 0 Å². The lowest BCUT2D eigenvalue weighted by atomic mass is 10.1. The number of nitrogens with one attached hydrogen (secondary N) is 1. The summed E-state index contributed by atoms with van der Waals surface area (Å²) in [4.78, 5) is 58.5. The van der Waals surface area contributed by atoms with Crippen molar-refractivity contribution in [1.29, 1.82) is 0 Å². The summed E-state index contributed by atoms with van der Waals surface area (Å²) in [6, 6.07) is 0. The second-order valence-corrected chi connectivity index (χ2v) is 11.5. The topological polar surface area (TPSA) is 302 Å². The Morgan fingerprint density at radius 1 is 1.06 bits per heavy atom. The van der Waals surface area contributed by atoms with Gasteiger partial charge in [-0.15, -0.1) is 0 Å². The molecule has 6 atom stereocenters. The number of ether oxygens (including phenoxy) is 1. The fourth-order valence-electron chi connectivity index (χ4n) is 3.02. The fraction of sp³-hybridized carbons (Fsp3) is 0.538. The number of phosphoric ester groups is 1. The number of imidazole rings is 1. The quantitative estimate of drug-likeness (QED) is 0.135. The first-order valence-electron chi connectivity index (χ1n) is 9.52. The number of nitrogens with zero attached hydrogens (tertiary/aromatic N) is 4. The molecular formula is C13H20N5O15P3. The molecule has 0 saturated carbocycles. The van der Waals surface area contributed by atoms with Gasteiger partial charge in [-0.3, -0.25) is 13.9 Å². The van der Waals surface area contributed by atoms with Crippen LogP contribution in [0, 0.1) is 0 Å². The molecular weight excluding hydrogens is 559 g/mol. The molecule has 0 bridgehead atoms. The largest absolute Gasteiger partial charge is 0.490 e. The summed E-state index contributed by atoms with van der Waals surface area (Å²) in [5.41, 5.74) is 0.275. The van der Waals surface area contributed by atoms with E-state index in [2.05, 4.69) is 33.4 Å². The molecule has 36 heavy (non-hydrogen) atoms. The van der Waals surface area contributed by atoms with Crippen LogP contribution in [0.1, 0.15) is 12.6 Å². The number of aromatic nitrogens is 4. The van der Waals surface area contributed by atoms with E-state index in [1.54, 1.807) is 0 Å². The number of carboxylic acid groups (broad SMARTS) is 1. The van der Waals surface area contributed by atoms with E-state index in [1.807, 2.05) is 0 Å². The van der Waals surface area contributed by atoms with E-state index in [4.69, 9.17) is 19.6 Å². The van der Waals surface area contributed by atoms with Gasteiger partial charge in [-0.25, -0.2) is 28.6 Å². The van der Waals surface area contributed by atoms with Crippen molar-refractivity contribution in [1.82, 2.24) is 19.5 Å². The lowest BCUT2D eigenvalue weighted by Crippen LogP contribution is -2.33. The number of phosphoric acid groups is 3. The molecule has 1 fully saturated rings. The number of aliphatic hydroxyl groups excluding tert-OH is 2. The van der Waals surface area contributed by atoms with Crippen molar-refractivity contribution in [3.05, 3.63) is 12.7 Å². The highest BCUT2D eigenvalue weighted by Gasteiger charge is 2.47. The van der Waals surface area contributed by atoms with Crippen LogP contribution in [-0.4, -0.2) is 91.8 Å². The Morgan fingerprint density at radius 2 is 1.75 bits per heavy atom. The van der Waals surface area contributed by atoms with E-state index in [1.165, 1.54) is 10.9 Å². The fourth-order valence-corrected chi connectivity index (χ4v) is 6.05. The number of aliphatic carboxylic acids is 1. The van der Waals surface area contributed by atoms with Crippen LogP contribution < -0.4 is 5.32 Å². The first-order chi connectivity index (χ1) is 16.6. The van der Waals surface area contributed by atoms with Crippen LogP contribution in [0.25, 0.3) is 11.2 Å². The highest BCUT2D eigenvalue weighted by molar-refractivity contribution is 7.66. The molecule has 2 aromatic heterocycles. The average molecular weight is 579 g/mol. The molecule has 0 spiro atoms. The number of carboxylic acids is 1. The van der Waals surface area contributed by atoms with Gasteiger partial charge in [0.2, 0.25) is 0 Å². The van der Waals surface area contributed by atoms with Gasteiger partial charge in [-0.1, -0.05) is 0 Å². The third-order valence-electron chi connectivity index (χ3n) is 4.42. The smallest absolute Gasteiger partial charge is 0.481 e. The number of fused-ring (bicyclic) bond motifs is 1. The minimum atomic E-state index is -5.74. The Balaban J connectivity index is 1.69. The van der Waals surface area contributed by atoms with Crippen molar-refractivity contribution in [2.75, 3.05) is 18.5 Å². The molecule has 3 rings (SSSR count). The van der Waals surface area contributed by atoms with E-state index in [0.29, 0.717) is 0 Å². The van der Waals surface area contributed by atoms with Gasteiger partial charge in [0.05, 0.1) is 19.4 Å². The van der Waals surface area contributed by atoms with Crippen LogP contribution in [0.3, 0.4) is 0 Å². The lowest BCUT2D eigenvalue weighted by molar-refractivity contribution is -0.136. The number of hydrogen-bond donors (Lipinski definition) is 8. The zero-order valence-corrected chi connectivity index (χ0v) is 20.3. The summed E-state index contributed by atoms with van der Waals surface area (Å²) in [7, 11) is -16.8. The van der Waals surface area contributed by atoms with Gasteiger partial charge in [-0.2, -0.15) is 8.62 Å². The number of hydrogen-bond acceptors (Lipinski definition) is 14. The first-order valence-corrected chi connectivity index (χ1v) is 14.0. The monoisotopic (exact) mass is 579 g/mol. The maximum atomic E-state index is 11.9. The molecule has 8 N–H and O–H groups in total. The number of rotatable bonds is 12. The standard InChI is InChI=1S/C13H20N5O15P3/c19-7(20)1-2-14-11-8-12(16-4-15-11)18(5-17-8)13-10(22)9(21)6(31-13)3-30-35(26,27)33-36(28,29)32-34(23,24)25/h4-6,9-10,13,21-22H,1-3H2,(H,19,20)(H,26,27)(H,28,29)(H,14,15,16)(H2,23,24,25)/t6-,9-,10-,13-/m1/s1. The number of aliphatic hydroxyl groups is 2. The Bertz CT molecular complexity index is 1250. The molecule has 23 heteroatoms. The highest BCUT2D eigenvalue weighted by atomic mass is 31.3. The van der Waals surface area contributed by atoms with Crippen LogP contribution in [0.15, 0.2) is 12.7 Å². The van der Waals surface area contributed by atoms with Crippen molar-refractivity contribution in [2.45, 2.75) is 31.0 Å². The average Bonchev–Trinajstić information content (AvgIpc) is 3.26. The molecule has 1 aliphatic rings. The summed E-state index contributed by atoms with van der Waals surface area (Å²) >= 11 is 0. The van der Waals surface area contributed by atoms with Gasteiger partial charge in [-0.05, 0) is 0 Å². The van der Waals surface area contributed by atoms with Crippen molar-refractivity contribution in [2.24, 2.45) is 0 Å². The minimum absolute atomic E-state index is 0.0260. The van der Waals surface area contributed by atoms with Gasteiger partial charge in [0, 0.05) is 6.54 Å². The first kappa shape index (κ1) is 28.7. The summed E-state index contributed by atoms with van der Waals surface area (Å²) in [6.45, 7) is -0.972. The lowest BCUT2D eigenvalue weighted by Gasteiger charge is -2.19. The van der Waals surface area contributed by atoms with Gasteiger partial charge in [0.1, 0.15) is 24.6 Å². The third-order valence-corrected chi connectivity index (χ3v) is 8.22. The summed E-state index contributed by atoms with van der Waals surface area (Å²) in [5.74, 6) is -0.866. The molecule has 1 aliphatic heterocycles.